The molecule has 186 valence electrons. The van der Waals surface area contributed by atoms with E-state index in [1.54, 1.807) is 36.4 Å². The monoisotopic (exact) mass is 486 g/mol. The molecule has 1 aliphatic carbocycles. The summed E-state index contributed by atoms with van der Waals surface area (Å²) in [7, 11) is 4.21. The minimum absolute atomic E-state index is 0.0152. The number of carbonyl (C=O) groups excluding carboxylic acids is 2. The highest BCUT2D eigenvalue weighted by Gasteiger charge is 2.35. The van der Waals surface area contributed by atoms with Crippen molar-refractivity contribution in [3.8, 4) is 11.5 Å². The van der Waals surface area contributed by atoms with Gasteiger partial charge >= 0.3 is 12.6 Å². The predicted molar refractivity (Wildman–Crippen MR) is 126 cm³/mol. The molecule has 1 fully saturated rings. The molecule has 9 heteroatoms. The largest absolute Gasteiger partial charge is 0.493 e. The number of esters is 1. The number of likely N-dealkylation sites (N-methyl/N-ethyl adjacent to an activating group) is 1. The zero-order valence-electron chi connectivity index (χ0n) is 19.9. The summed E-state index contributed by atoms with van der Waals surface area (Å²) in [5, 5.41) is 0. The van der Waals surface area contributed by atoms with Gasteiger partial charge in [0.25, 0.3) is 5.91 Å². The highest BCUT2D eigenvalue weighted by atomic mass is 19.3. The zero-order chi connectivity index (χ0) is 25.1. The van der Waals surface area contributed by atoms with Crippen LogP contribution in [0, 0.1) is 0 Å². The highest BCUT2D eigenvalue weighted by molar-refractivity contribution is 6.15. The first-order valence-corrected chi connectivity index (χ1v) is 11.5. The first-order chi connectivity index (χ1) is 16.8. The normalized spacial score (nSPS) is 18.7. The van der Waals surface area contributed by atoms with Crippen molar-refractivity contribution in [1.82, 2.24) is 4.90 Å². The van der Waals surface area contributed by atoms with Gasteiger partial charge in [0.1, 0.15) is 6.54 Å². The van der Waals surface area contributed by atoms with Crippen molar-refractivity contribution in [3.05, 3.63) is 58.7 Å². The minimum atomic E-state index is -2.96. The summed E-state index contributed by atoms with van der Waals surface area (Å²) in [6.45, 7) is -3.11. The predicted octanol–water partition coefficient (Wildman–Crippen LogP) is 4.42. The van der Waals surface area contributed by atoms with Crippen molar-refractivity contribution in [2.45, 2.75) is 44.3 Å². The smallest absolute Gasteiger partial charge is 0.387 e. The Morgan fingerprint density at radius 3 is 2.46 bits per heavy atom. The molecular weight excluding hydrogens is 458 g/mol. The number of hydrogen-bond donors (Lipinski definition) is 0. The number of methoxy groups -OCH3 is 2. The third-order valence-corrected chi connectivity index (χ3v) is 6.58. The summed E-state index contributed by atoms with van der Waals surface area (Å²) in [5.74, 6) is -0.461. The number of amides is 1. The number of rotatable bonds is 7. The first-order valence-electron chi connectivity index (χ1n) is 11.5. The van der Waals surface area contributed by atoms with Gasteiger partial charge in [0, 0.05) is 29.7 Å². The molecule has 1 aliphatic heterocycles. The van der Waals surface area contributed by atoms with Gasteiger partial charge in [-0.3, -0.25) is 14.6 Å². The van der Waals surface area contributed by atoms with Gasteiger partial charge in [0.2, 0.25) is 0 Å². The van der Waals surface area contributed by atoms with Gasteiger partial charge in [-0.1, -0.05) is 25.0 Å². The maximum absolute atomic E-state index is 13.0. The molecule has 0 bridgehead atoms. The summed E-state index contributed by atoms with van der Waals surface area (Å²) in [5.41, 5.74) is 3.69. The third-order valence-electron chi connectivity index (χ3n) is 6.58. The molecule has 0 aromatic heterocycles. The lowest BCUT2D eigenvalue weighted by Crippen LogP contribution is -2.32. The van der Waals surface area contributed by atoms with E-state index in [-0.39, 0.29) is 35.9 Å². The van der Waals surface area contributed by atoms with Crippen LogP contribution in [-0.2, 0) is 9.53 Å². The summed E-state index contributed by atoms with van der Waals surface area (Å²) in [6.07, 6.45) is 3.96. The molecule has 0 saturated heterocycles. The Morgan fingerprint density at radius 1 is 1.09 bits per heavy atom. The van der Waals surface area contributed by atoms with Gasteiger partial charge < -0.3 is 19.1 Å². The molecule has 2 aromatic rings. The average Bonchev–Trinajstić information content (AvgIpc) is 2.87. The van der Waals surface area contributed by atoms with Crippen molar-refractivity contribution in [3.63, 3.8) is 0 Å². The molecule has 35 heavy (non-hydrogen) atoms. The Kier molecular flexibility index (Phi) is 7.33. The van der Waals surface area contributed by atoms with E-state index >= 15 is 0 Å². The van der Waals surface area contributed by atoms with Crippen LogP contribution < -0.4 is 9.47 Å². The maximum atomic E-state index is 13.0. The molecule has 1 heterocycles. The Hall–Kier alpha value is -3.49. The van der Waals surface area contributed by atoms with Crippen molar-refractivity contribution in [2.24, 2.45) is 4.99 Å². The topological polar surface area (TPSA) is 77.4 Å². The third kappa shape index (κ3) is 5.13. The van der Waals surface area contributed by atoms with E-state index < -0.39 is 12.6 Å². The lowest BCUT2D eigenvalue weighted by atomic mass is 9.75. The molecule has 0 spiro atoms. The average molecular weight is 487 g/mol. The van der Waals surface area contributed by atoms with Crippen LogP contribution in [0.1, 0.15) is 58.6 Å². The van der Waals surface area contributed by atoms with Crippen LogP contribution in [-0.4, -0.2) is 63.0 Å². The lowest BCUT2D eigenvalue weighted by Gasteiger charge is -2.36. The Bertz CT molecular complexity index is 1130. The summed E-state index contributed by atoms with van der Waals surface area (Å²) in [4.78, 5) is 30.5. The fraction of sp³-hybridized carbons (Fsp3) is 0.423. The van der Waals surface area contributed by atoms with Gasteiger partial charge in [-0.15, -0.1) is 0 Å². The number of halogens is 2. The van der Waals surface area contributed by atoms with Crippen LogP contribution in [0.25, 0.3) is 0 Å². The van der Waals surface area contributed by atoms with E-state index in [2.05, 4.69) is 4.74 Å². The minimum Gasteiger partial charge on any atom is -0.493 e. The number of benzene rings is 2. The number of alkyl halides is 2. The quantitative estimate of drug-likeness (QED) is 0.542. The number of ether oxygens (including phenoxy) is 3. The van der Waals surface area contributed by atoms with E-state index in [0.717, 1.165) is 48.1 Å². The Balaban J connectivity index is 1.70. The van der Waals surface area contributed by atoms with Crippen LogP contribution in [0.15, 0.2) is 41.4 Å². The molecule has 4 rings (SSSR count). The highest BCUT2D eigenvalue weighted by Crippen LogP contribution is 2.45. The van der Waals surface area contributed by atoms with Crippen molar-refractivity contribution >= 4 is 17.6 Å². The van der Waals surface area contributed by atoms with Crippen LogP contribution >= 0.6 is 0 Å². The van der Waals surface area contributed by atoms with Crippen LogP contribution in [0.2, 0.25) is 0 Å². The van der Waals surface area contributed by atoms with Gasteiger partial charge in [-0.05, 0) is 42.7 Å². The van der Waals surface area contributed by atoms with Crippen molar-refractivity contribution in [1.29, 1.82) is 0 Å². The van der Waals surface area contributed by atoms with Crippen molar-refractivity contribution in [2.75, 3.05) is 27.8 Å². The summed E-state index contributed by atoms with van der Waals surface area (Å²) >= 11 is 0. The summed E-state index contributed by atoms with van der Waals surface area (Å²) in [6, 6.07) is 10.4. The molecule has 2 atom stereocenters. The van der Waals surface area contributed by atoms with Crippen LogP contribution in [0.3, 0.4) is 0 Å². The lowest BCUT2D eigenvalue weighted by molar-refractivity contribution is -0.141. The second kappa shape index (κ2) is 10.4. The number of fused-ring (bicyclic) bond motifs is 3. The fourth-order valence-electron chi connectivity index (χ4n) is 4.85. The standard InChI is InChI=1S/C26H28F2N2O5/c1-30(14-23(31)34-3)25(32)16-10-8-15(9-11-16)24-19-13-21(33-2)22(35-26(27)28)12-18(19)17-6-4-5-7-20(17)29-24/h8-13,17,20,26H,4-7,14H2,1-3H3/t17-,20-/m1/s1. The van der Waals surface area contributed by atoms with E-state index in [1.165, 1.54) is 26.2 Å². The number of aliphatic imine (C=N–C) groups is 1. The van der Waals surface area contributed by atoms with Gasteiger partial charge in [0.15, 0.2) is 11.5 Å². The molecule has 0 radical (unpaired) electrons. The van der Waals surface area contributed by atoms with Crippen LogP contribution in [0.4, 0.5) is 8.78 Å². The Morgan fingerprint density at radius 2 is 1.80 bits per heavy atom. The molecule has 1 saturated carbocycles. The second-order valence-electron chi connectivity index (χ2n) is 8.72. The SMILES string of the molecule is COC(=O)CN(C)C(=O)c1ccc(C2=N[C@@H]3CCCC[C@@H]3c3cc(OC(F)F)c(OC)cc32)cc1. The molecule has 0 unspecified atom stereocenters. The van der Waals surface area contributed by atoms with Gasteiger partial charge in [-0.25, -0.2) is 0 Å². The number of hydrogen-bond acceptors (Lipinski definition) is 6. The van der Waals surface area contributed by atoms with E-state index in [9.17, 15) is 18.4 Å². The van der Waals surface area contributed by atoms with Gasteiger partial charge in [0.05, 0.1) is 26.0 Å². The fourth-order valence-corrected chi connectivity index (χ4v) is 4.85. The molecule has 0 N–H and O–H groups in total. The van der Waals surface area contributed by atoms with Crippen LogP contribution in [0.5, 0.6) is 11.5 Å². The van der Waals surface area contributed by atoms with E-state index in [4.69, 9.17) is 14.5 Å². The molecular formula is C26H28F2N2O5. The van der Waals surface area contributed by atoms with E-state index in [0.29, 0.717) is 5.56 Å². The molecule has 2 aromatic carbocycles. The maximum Gasteiger partial charge on any atom is 0.387 e. The summed E-state index contributed by atoms with van der Waals surface area (Å²) < 4.78 is 40.8. The first kappa shape index (κ1) is 24.6. The van der Waals surface area contributed by atoms with Gasteiger partial charge in [-0.2, -0.15) is 8.78 Å². The zero-order valence-corrected chi connectivity index (χ0v) is 19.9. The van der Waals surface area contributed by atoms with E-state index in [1.807, 2.05) is 0 Å². The second-order valence-corrected chi connectivity index (χ2v) is 8.72. The number of carbonyl (C=O) groups is 2. The Labute approximate surface area is 202 Å². The van der Waals surface area contributed by atoms with Crippen molar-refractivity contribution < 1.29 is 32.6 Å². The number of nitrogens with zero attached hydrogens (tertiary/aromatic N) is 2. The molecule has 1 amide bonds. The molecule has 7 nitrogen and oxygen atoms in total. The molecule has 2 aliphatic rings.